The van der Waals surface area contributed by atoms with E-state index in [0.29, 0.717) is 11.4 Å². The second kappa shape index (κ2) is 7.64. The zero-order valence-corrected chi connectivity index (χ0v) is 14.2. The number of esters is 1. The Morgan fingerprint density at radius 1 is 1.42 bits per heavy atom. The molecule has 24 heavy (non-hydrogen) atoms. The van der Waals surface area contributed by atoms with E-state index in [4.69, 9.17) is 21.6 Å². The molecule has 1 aromatic rings. The molecule has 7 nitrogen and oxygen atoms in total. The third kappa shape index (κ3) is 5.22. The van der Waals surface area contributed by atoms with Gasteiger partial charge in [-0.1, -0.05) is 11.6 Å². The standard InChI is InChI=1S/C15H15ClN2O5S/c16-12-2-1-11(7-17)13(6-12)18-14(19)8-23-15(20)5-10-3-4-24(21,22)9-10/h1-2,6,10H,3-5,8-9H2,(H,18,19)/t10-/m1/s1. The Kier molecular flexibility index (Phi) is 5.80. The monoisotopic (exact) mass is 370 g/mol. The molecule has 1 N–H and O–H groups in total. The minimum atomic E-state index is -3.06. The summed E-state index contributed by atoms with van der Waals surface area (Å²) in [6, 6.07) is 6.31. The first kappa shape index (κ1) is 18.2. The van der Waals surface area contributed by atoms with E-state index in [0.717, 1.165) is 0 Å². The van der Waals surface area contributed by atoms with E-state index in [1.54, 1.807) is 0 Å². The van der Waals surface area contributed by atoms with Gasteiger partial charge in [0, 0.05) is 11.4 Å². The molecule has 1 aliphatic heterocycles. The maximum absolute atomic E-state index is 11.8. The second-order valence-electron chi connectivity index (χ2n) is 5.48. The van der Waals surface area contributed by atoms with Gasteiger partial charge < -0.3 is 10.1 Å². The van der Waals surface area contributed by atoms with Gasteiger partial charge in [-0.25, -0.2) is 8.42 Å². The van der Waals surface area contributed by atoms with Gasteiger partial charge in [-0.05, 0) is 30.5 Å². The fraction of sp³-hybridized carbons (Fsp3) is 0.400. The van der Waals surface area contributed by atoms with Gasteiger partial charge in [0.1, 0.15) is 6.07 Å². The maximum Gasteiger partial charge on any atom is 0.306 e. The average molecular weight is 371 g/mol. The van der Waals surface area contributed by atoms with Crippen LogP contribution in [-0.4, -0.2) is 38.4 Å². The lowest BCUT2D eigenvalue weighted by Crippen LogP contribution is -2.22. The van der Waals surface area contributed by atoms with Crippen LogP contribution in [0.1, 0.15) is 18.4 Å². The van der Waals surface area contributed by atoms with E-state index in [-0.39, 0.29) is 35.1 Å². The van der Waals surface area contributed by atoms with Crippen molar-refractivity contribution in [3.8, 4) is 6.07 Å². The van der Waals surface area contributed by atoms with E-state index in [9.17, 15) is 18.0 Å². The van der Waals surface area contributed by atoms with E-state index in [1.165, 1.54) is 18.2 Å². The number of amides is 1. The number of rotatable bonds is 5. The summed E-state index contributed by atoms with van der Waals surface area (Å²) >= 11 is 5.81. The zero-order chi connectivity index (χ0) is 17.7. The van der Waals surface area contributed by atoms with Gasteiger partial charge in [0.15, 0.2) is 16.4 Å². The molecular weight excluding hydrogens is 356 g/mol. The van der Waals surface area contributed by atoms with Crippen molar-refractivity contribution < 1.29 is 22.7 Å². The van der Waals surface area contributed by atoms with Crippen molar-refractivity contribution in [3.63, 3.8) is 0 Å². The molecule has 0 unspecified atom stereocenters. The molecule has 1 atom stereocenters. The number of nitrogens with one attached hydrogen (secondary N) is 1. The number of carbonyl (C=O) groups excluding carboxylic acids is 2. The molecule has 1 aromatic carbocycles. The topological polar surface area (TPSA) is 113 Å². The van der Waals surface area contributed by atoms with Crippen molar-refractivity contribution >= 4 is 39.0 Å². The fourth-order valence-electron chi connectivity index (χ4n) is 2.38. The SMILES string of the molecule is N#Cc1ccc(Cl)cc1NC(=O)COC(=O)C[C@H]1CCS(=O)(=O)C1. The normalized spacial score (nSPS) is 18.6. The molecule has 1 saturated heterocycles. The second-order valence-corrected chi connectivity index (χ2v) is 8.15. The predicted molar refractivity (Wildman–Crippen MR) is 87.1 cm³/mol. The van der Waals surface area contributed by atoms with Gasteiger partial charge in [-0.15, -0.1) is 0 Å². The summed E-state index contributed by atoms with van der Waals surface area (Å²) in [5.41, 5.74) is 0.461. The van der Waals surface area contributed by atoms with Gasteiger partial charge in [-0.2, -0.15) is 5.26 Å². The fourth-order valence-corrected chi connectivity index (χ4v) is 4.41. The van der Waals surface area contributed by atoms with Crippen LogP contribution in [-0.2, 0) is 24.2 Å². The van der Waals surface area contributed by atoms with E-state index >= 15 is 0 Å². The average Bonchev–Trinajstić information content (AvgIpc) is 2.84. The summed E-state index contributed by atoms with van der Waals surface area (Å²) in [6.07, 6.45) is 0.394. The van der Waals surface area contributed by atoms with Crippen molar-refractivity contribution in [2.24, 2.45) is 5.92 Å². The Labute approximate surface area is 144 Å². The van der Waals surface area contributed by atoms with E-state index in [1.807, 2.05) is 6.07 Å². The minimum absolute atomic E-state index is 0.0255. The number of ether oxygens (including phenoxy) is 1. The first-order chi connectivity index (χ1) is 11.3. The molecule has 0 bridgehead atoms. The zero-order valence-electron chi connectivity index (χ0n) is 12.6. The van der Waals surface area contributed by atoms with Crippen LogP contribution < -0.4 is 5.32 Å². The lowest BCUT2D eigenvalue weighted by atomic mass is 10.1. The van der Waals surface area contributed by atoms with Gasteiger partial charge in [-0.3, -0.25) is 9.59 Å². The number of hydrogen-bond donors (Lipinski definition) is 1. The van der Waals surface area contributed by atoms with Crippen molar-refractivity contribution in [2.45, 2.75) is 12.8 Å². The van der Waals surface area contributed by atoms with Gasteiger partial charge in [0.05, 0.1) is 22.8 Å². The smallest absolute Gasteiger partial charge is 0.306 e. The molecule has 1 aliphatic rings. The molecule has 1 heterocycles. The number of anilines is 1. The van der Waals surface area contributed by atoms with Crippen LogP contribution in [0.5, 0.6) is 0 Å². The van der Waals surface area contributed by atoms with Crippen LogP contribution >= 0.6 is 11.6 Å². The Morgan fingerprint density at radius 3 is 2.79 bits per heavy atom. The number of sulfone groups is 1. The molecule has 0 aliphatic carbocycles. The maximum atomic E-state index is 11.8. The first-order valence-electron chi connectivity index (χ1n) is 7.14. The van der Waals surface area contributed by atoms with Crippen LogP contribution in [0.4, 0.5) is 5.69 Å². The highest BCUT2D eigenvalue weighted by Gasteiger charge is 2.30. The van der Waals surface area contributed by atoms with E-state index in [2.05, 4.69) is 5.32 Å². The predicted octanol–water partition coefficient (Wildman–Crippen LogP) is 1.52. The molecule has 2 rings (SSSR count). The Morgan fingerprint density at radius 2 is 2.17 bits per heavy atom. The summed E-state index contributed by atoms with van der Waals surface area (Å²) in [4.78, 5) is 23.5. The Hall–Kier alpha value is -2.11. The summed E-state index contributed by atoms with van der Waals surface area (Å²) in [7, 11) is -3.06. The molecule has 0 radical (unpaired) electrons. The molecule has 1 fully saturated rings. The first-order valence-corrected chi connectivity index (χ1v) is 9.34. The molecule has 128 valence electrons. The number of halogens is 1. The van der Waals surface area contributed by atoms with E-state index < -0.39 is 28.3 Å². The van der Waals surface area contributed by atoms with Gasteiger partial charge in [0.2, 0.25) is 0 Å². The van der Waals surface area contributed by atoms with Crippen molar-refractivity contribution in [1.82, 2.24) is 0 Å². The van der Waals surface area contributed by atoms with Crippen molar-refractivity contribution in [2.75, 3.05) is 23.4 Å². The van der Waals surface area contributed by atoms with Crippen LogP contribution in [0.15, 0.2) is 18.2 Å². The summed E-state index contributed by atoms with van der Waals surface area (Å²) in [6.45, 7) is -0.518. The van der Waals surface area contributed by atoms with Crippen LogP contribution in [0.2, 0.25) is 5.02 Å². The Bertz CT molecular complexity index is 801. The largest absolute Gasteiger partial charge is 0.456 e. The lowest BCUT2D eigenvalue weighted by Gasteiger charge is -2.10. The number of nitriles is 1. The number of benzene rings is 1. The highest BCUT2D eigenvalue weighted by Crippen LogP contribution is 2.22. The van der Waals surface area contributed by atoms with Gasteiger partial charge >= 0.3 is 5.97 Å². The van der Waals surface area contributed by atoms with Crippen LogP contribution in [0, 0.1) is 17.2 Å². The van der Waals surface area contributed by atoms with Gasteiger partial charge in [0.25, 0.3) is 5.91 Å². The molecule has 0 aromatic heterocycles. The molecule has 0 saturated carbocycles. The summed E-state index contributed by atoms with van der Waals surface area (Å²) < 4.78 is 27.5. The molecule has 9 heteroatoms. The van der Waals surface area contributed by atoms with Crippen molar-refractivity contribution in [3.05, 3.63) is 28.8 Å². The molecule has 1 amide bonds. The molecule has 0 spiro atoms. The van der Waals surface area contributed by atoms with Crippen molar-refractivity contribution in [1.29, 1.82) is 5.26 Å². The third-order valence-corrected chi connectivity index (χ3v) is 5.59. The number of carbonyl (C=O) groups is 2. The number of nitrogens with zero attached hydrogens (tertiary/aromatic N) is 1. The highest BCUT2D eigenvalue weighted by molar-refractivity contribution is 7.91. The number of hydrogen-bond acceptors (Lipinski definition) is 6. The minimum Gasteiger partial charge on any atom is -0.456 e. The van der Waals surface area contributed by atoms with Crippen LogP contribution in [0.3, 0.4) is 0 Å². The van der Waals surface area contributed by atoms with Crippen LogP contribution in [0.25, 0.3) is 0 Å². The quantitative estimate of drug-likeness (QED) is 0.786. The highest BCUT2D eigenvalue weighted by atomic mass is 35.5. The molecular formula is C15H15ClN2O5S. The lowest BCUT2D eigenvalue weighted by molar-refractivity contribution is -0.148. The summed E-state index contributed by atoms with van der Waals surface area (Å²) in [5, 5.41) is 11.8. The third-order valence-electron chi connectivity index (χ3n) is 3.52. The summed E-state index contributed by atoms with van der Waals surface area (Å²) in [5.74, 6) is -1.44. The Balaban J connectivity index is 1.82.